The van der Waals surface area contributed by atoms with Gasteiger partial charge in [0.1, 0.15) is 11.9 Å². The zero-order valence-electron chi connectivity index (χ0n) is 21.8. The third kappa shape index (κ3) is 11.3. The number of carboxylic acids is 1. The molecule has 3 aromatic rings. The summed E-state index contributed by atoms with van der Waals surface area (Å²) in [4.78, 5) is 41.9. The molecule has 1 heterocycles. The van der Waals surface area contributed by atoms with E-state index in [-0.39, 0.29) is 32.0 Å². The standard InChI is InChI=1S/C29H32BrClN4O5/c30-22-14-21(15-23(31)16-22)24(17-28(37)38)35-29(39)25(19-40-18-20-8-2-1-3-9-20)34-27(36)11-5-7-13-33-26-10-4-6-12-32-26/h1-4,6,8-10,12,14-16,24-25H,5,7,11,13,17-19H2,(H,32,33)(H,34,36)(H,35,39)(H,37,38). The SMILES string of the molecule is O=C(O)CC(NC(=O)C(COCc1ccccc1)NC(=O)CCCCNc1ccccn1)c1cc(Cl)cc(Br)c1. The Kier molecular flexibility index (Phi) is 12.9. The number of amides is 2. The summed E-state index contributed by atoms with van der Waals surface area (Å²) >= 11 is 9.51. The molecule has 2 unspecified atom stereocenters. The minimum atomic E-state index is -1.10. The fraction of sp³-hybridized carbons (Fsp3) is 0.310. The van der Waals surface area contributed by atoms with Gasteiger partial charge in [-0.3, -0.25) is 14.4 Å². The highest BCUT2D eigenvalue weighted by molar-refractivity contribution is 9.10. The Hall–Kier alpha value is -3.47. The number of pyridine rings is 1. The maximum absolute atomic E-state index is 13.3. The van der Waals surface area contributed by atoms with Crippen LogP contribution in [0, 0.1) is 0 Å². The Morgan fingerprint density at radius 1 is 1.00 bits per heavy atom. The van der Waals surface area contributed by atoms with Crippen molar-refractivity contribution in [2.24, 2.45) is 0 Å². The van der Waals surface area contributed by atoms with E-state index in [2.05, 4.69) is 36.9 Å². The smallest absolute Gasteiger partial charge is 0.305 e. The lowest BCUT2D eigenvalue weighted by Gasteiger charge is -2.23. The van der Waals surface area contributed by atoms with Crippen LogP contribution < -0.4 is 16.0 Å². The lowest BCUT2D eigenvalue weighted by molar-refractivity contribution is -0.138. The van der Waals surface area contributed by atoms with Crippen LogP contribution in [0.5, 0.6) is 0 Å². The van der Waals surface area contributed by atoms with Crippen LogP contribution in [0.15, 0.2) is 77.4 Å². The van der Waals surface area contributed by atoms with Crippen LogP contribution in [0.2, 0.25) is 5.02 Å². The van der Waals surface area contributed by atoms with E-state index in [9.17, 15) is 19.5 Å². The van der Waals surface area contributed by atoms with Gasteiger partial charge in [0.2, 0.25) is 11.8 Å². The second kappa shape index (κ2) is 16.6. The maximum atomic E-state index is 13.3. The molecule has 0 saturated carbocycles. The predicted molar refractivity (Wildman–Crippen MR) is 157 cm³/mol. The van der Waals surface area contributed by atoms with Gasteiger partial charge < -0.3 is 25.8 Å². The molecular formula is C29H32BrClN4O5. The summed E-state index contributed by atoms with van der Waals surface area (Å²) in [6.07, 6.45) is 2.88. The molecule has 4 N–H and O–H groups in total. The summed E-state index contributed by atoms with van der Waals surface area (Å²) in [6, 6.07) is 18.1. The van der Waals surface area contributed by atoms with Crippen molar-refractivity contribution < 1.29 is 24.2 Å². The lowest BCUT2D eigenvalue weighted by atomic mass is 10.0. The number of hydrogen-bond donors (Lipinski definition) is 4. The summed E-state index contributed by atoms with van der Waals surface area (Å²) in [5.74, 6) is -1.19. The van der Waals surface area contributed by atoms with Gasteiger partial charge in [-0.2, -0.15) is 0 Å². The number of rotatable bonds is 16. The number of halogens is 2. The number of nitrogens with one attached hydrogen (secondary N) is 3. The van der Waals surface area contributed by atoms with Gasteiger partial charge in [-0.25, -0.2) is 4.98 Å². The van der Waals surface area contributed by atoms with Crippen molar-refractivity contribution in [3.8, 4) is 0 Å². The van der Waals surface area contributed by atoms with E-state index in [1.54, 1.807) is 24.4 Å². The normalized spacial score (nSPS) is 12.2. The van der Waals surface area contributed by atoms with Gasteiger partial charge in [0.15, 0.2) is 0 Å². The zero-order chi connectivity index (χ0) is 28.7. The summed E-state index contributed by atoms with van der Waals surface area (Å²) in [6.45, 7) is 0.812. The minimum Gasteiger partial charge on any atom is -0.481 e. The number of nitrogens with zero attached hydrogens (tertiary/aromatic N) is 1. The monoisotopic (exact) mass is 630 g/mol. The Morgan fingerprint density at radius 2 is 1.77 bits per heavy atom. The fourth-order valence-electron chi connectivity index (χ4n) is 3.89. The van der Waals surface area contributed by atoms with Crippen LogP contribution in [-0.4, -0.2) is 47.1 Å². The number of carbonyl (C=O) groups is 3. The van der Waals surface area contributed by atoms with Gasteiger partial charge in [-0.15, -0.1) is 0 Å². The molecule has 0 aliphatic rings. The molecule has 0 spiro atoms. The molecule has 3 rings (SSSR count). The minimum absolute atomic E-state index is 0.0905. The fourth-order valence-corrected chi connectivity index (χ4v) is 4.77. The first-order valence-electron chi connectivity index (χ1n) is 12.8. The van der Waals surface area contributed by atoms with E-state index >= 15 is 0 Å². The van der Waals surface area contributed by atoms with Crippen LogP contribution in [-0.2, 0) is 25.7 Å². The van der Waals surface area contributed by atoms with Crippen molar-refractivity contribution in [2.45, 2.75) is 44.4 Å². The van der Waals surface area contributed by atoms with Gasteiger partial charge in [0.25, 0.3) is 0 Å². The first-order valence-corrected chi connectivity index (χ1v) is 14.0. The number of benzene rings is 2. The van der Waals surface area contributed by atoms with Crippen LogP contribution in [0.1, 0.15) is 42.9 Å². The maximum Gasteiger partial charge on any atom is 0.305 e. The highest BCUT2D eigenvalue weighted by Gasteiger charge is 2.26. The molecule has 9 nitrogen and oxygen atoms in total. The molecular weight excluding hydrogens is 600 g/mol. The van der Waals surface area contributed by atoms with Crippen molar-refractivity contribution in [3.05, 3.63) is 93.5 Å². The molecule has 212 valence electrons. The quantitative estimate of drug-likeness (QED) is 0.162. The molecule has 11 heteroatoms. The Balaban J connectivity index is 1.61. The van der Waals surface area contributed by atoms with E-state index in [4.69, 9.17) is 16.3 Å². The molecule has 0 radical (unpaired) electrons. The molecule has 0 aliphatic carbocycles. The predicted octanol–water partition coefficient (Wildman–Crippen LogP) is 5.11. The van der Waals surface area contributed by atoms with Crippen molar-refractivity contribution >= 4 is 51.1 Å². The number of ether oxygens (including phenoxy) is 1. The molecule has 2 amide bonds. The first kappa shape index (κ1) is 31.1. The summed E-state index contributed by atoms with van der Waals surface area (Å²) in [5.41, 5.74) is 1.44. The summed E-state index contributed by atoms with van der Waals surface area (Å²) in [5, 5.41) is 18.6. The Morgan fingerprint density at radius 3 is 2.48 bits per heavy atom. The van der Waals surface area contributed by atoms with Crippen LogP contribution >= 0.6 is 27.5 Å². The van der Waals surface area contributed by atoms with Gasteiger partial charge in [-0.05, 0) is 54.3 Å². The average molecular weight is 632 g/mol. The molecule has 0 aliphatic heterocycles. The molecule has 2 atom stereocenters. The Labute approximate surface area is 246 Å². The second-order valence-corrected chi connectivity index (χ2v) is 10.4. The van der Waals surface area contributed by atoms with Crippen molar-refractivity contribution in [1.29, 1.82) is 0 Å². The Bertz CT molecular complexity index is 1230. The number of aliphatic carboxylic acids is 1. The van der Waals surface area contributed by atoms with Gasteiger partial charge in [0, 0.05) is 28.7 Å². The van der Waals surface area contributed by atoms with E-state index in [1.165, 1.54) is 0 Å². The largest absolute Gasteiger partial charge is 0.481 e. The number of carbonyl (C=O) groups excluding carboxylic acids is 2. The van der Waals surface area contributed by atoms with Gasteiger partial charge in [-0.1, -0.05) is 63.9 Å². The van der Waals surface area contributed by atoms with Crippen molar-refractivity contribution in [1.82, 2.24) is 15.6 Å². The topological polar surface area (TPSA) is 130 Å². The number of unbranched alkanes of at least 4 members (excludes halogenated alkanes) is 1. The number of carboxylic acid groups (broad SMARTS) is 1. The molecule has 0 fully saturated rings. The summed E-state index contributed by atoms with van der Waals surface area (Å²) in [7, 11) is 0. The highest BCUT2D eigenvalue weighted by Crippen LogP contribution is 2.26. The van der Waals surface area contributed by atoms with Crippen molar-refractivity contribution in [3.63, 3.8) is 0 Å². The highest BCUT2D eigenvalue weighted by atomic mass is 79.9. The van der Waals surface area contributed by atoms with Crippen LogP contribution in [0.25, 0.3) is 0 Å². The number of aromatic nitrogens is 1. The second-order valence-electron chi connectivity index (χ2n) is 9.08. The van der Waals surface area contributed by atoms with E-state index in [0.717, 1.165) is 17.8 Å². The van der Waals surface area contributed by atoms with E-state index < -0.39 is 24.0 Å². The molecule has 2 aromatic carbocycles. The lowest BCUT2D eigenvalue weighted by Crippen LogP contribution is -2.50. The van der Waals surface area contributed by atoms with Crippen LogP contribution in [0.3, 0.4) is 0 Å². The van der Waals surface area contributed by atoms with Crippen LogP contribution in [0.4, 0.5) is 5.82 Å². The molecule has 40 heavy (non-hydrogen) atoms. The zero-order valence-corrected chi connectivity index (χ0v) is 24.2. The molecule has 1 aromatic heterocycles. The third-order valence-corrected chi connectivity index (χ3v) is 6.51. The van der Waals surface area contributed by atoms with Gasteiger partial charge in [0.05, 0.1) is 25.7 Å². The average Bonchev–Trinajstić information content (AvgIpc) is 2.92. The summed E-state index contributed by atoms with van der Waals surface area (Å²) < 4.78 is 6.41. The molecule has 0 saturated heterocycles. The van der Waals surface area contributed by atoms with Gasteiger partial charge >= 0.3 is 5.97 Å². The van der Waals surface area contributed by atoms with E-state index in [1.807, 2.05) is 48.5 Å². The van der Waals surface area contributed by atoms with E-state index in [0.29, 0.717) is 28.0 Å². The molecule has 0 bridgehead atoms. The third-order valence-electron chi connectivity index (χ3n) is 5.83. The first-order chi connectivity index (χ1) is 19.3. The number of anilines is 1. The number of hydrogen-bond acceptors (Lipinski definition) is 6. The van der Waals surface area contributed by atoms with Crippen molar-refractivity contribution in [2.75, 3.05) is 18.5 Å².